The van der Waals surface area contributed by atoms with E-state index in [9.17, 15) is 0 Å². The summed E-state index contributed by atoms with van der Waals surface area (Å²) in [4.78, 5) is 3.24. The van der Waals surface area contributed by atoms with E-state index in [1.54, 1.807) is 0 Å². The van der Waals surface area contributed by atoms with Crippen LogP contribution in [0.4, 0.5) is 0 Å². The Morgan fingerprint density at radius 1 is 1.67 bits per heavy atom. The van der Waals surface area contributed by atoms with Gasteiger partial charge >= 0.3 is 0 Å². The Labute approximate surface area is 56.9 Å². The van der Waals surface area contributed by atoms with Crippen molar-refractivity contribution in [2.24, 2.45) is 5.73 Å². The average molecular weight is 126 g/mol. The van der Waals surface area contributed by atoms with Crippen molar-refractivity contribution in [1.82, 2.24) is 0 Å². The molecule has 2 N–H and O–H groups in total. The topological polar surface area (TPSA) is 30.4 Å². The first kappa shape index (κ1) is 8.45. The van der Waals surface area contributed by atoms with Gasteiger partial charge in [0.15, 0.2) is 0 Å². The lowest BCUT2D eigenvalue weighted by Crippen LogP contribution is -2.18. The fourth-order valence-electron chi connectivity index (χ4n) is 0.637. The molecule has 0 saturated carbocycles. The van der Waals surface area contributed by atoms with Gasteiger partial charge < -0.3 is 10.6 Å². The molecule has 0 aromatic carbocycles. The van der Waals surface area contributed by atoms with Gasteiger partial charge in [0, 0.05) is 12.5 Å². The van der Waals surface area contributed by atoms with E-state index in [4.69, 9.17) is 12.3 Å². The molecule has 0 fully saturated rings. The van der Waals surface area contributed by atoms with E-state index in [1.807, 2.05) is 0 Å². The fraction of sp³-hybridized carbons (Fsp3) is 0.857. The lowest BCUT2D eigenvalue weighted by Gasteiger charge is -2.03. The van der Waals surface area contributed by atoms with Gasteiger partial charge in [-0.15, -0.1) is 0 Å². The van der Waals surface area contributed by atoms with E-state index in [2.05, 4.69) is 11.8 Å². The summed E-state index contributed by atoms with van der Waals surface area (Å²) < 4.78 is 0. The molecule has 0 spiro atoms. The summed E-state index contributed by atoms with van der Waals surface area (Å²) in [5.41, 5.74) is 5.61. The highest BCUT2D eigenvalue weighted by molar-refractivity contribution is 4.63. The van der Waals surface area contributed by atoms with Crippen molar-refractivity contribution in [3.8, 4) is 0 Å². The normalized spacial score (nSPS) is 12.6. The quantitative estimate of drug-likeness (QED) is 0.448. The Bertz CT molecular complexity index is 93.6. The summed E-state index contributed by atoms with van der Waals surface area (Å²) in [5, 5.41) is 0. The zero-order chi connectivity index (χ0) is 7.11. The molecule has 0 bridgehead atoms. The van der Waals surface area contributed by atoms with Crippen LogP contribution in [0.1, 0.15) is 26.2 Å². The van der Waals surface area contributed by atoms with Gasteiger partial charge in [-0.25, -0.2) is 6.57 Å². The summed E-state index contributed by atoms with van der Waals surface area (Å²) in [5.74, 6) is 0. The van der Waals surface area contributed by atoms with Crippen LogP contribution in [0.25, 0.3) is 4.85 Å². The summed E-state index contributed by atoms with van der Waals surface area (Å²) in [6, 6.07) is 0.312. The standard InChI is InChI=1S/C7H14N2/c1-3-7(8)5-4-6-9-2/h7H,3-6,8H2,1H3. The molecule has 0 heterocycles. The second kappa shape index (κ2) is 5.58. The fourth-order valence-corrected chi connectivity index (χ4v) is 0.637. The Balaban J connectivity index is 2.99. The van der Waals surface area contributed by atoms with Crippen molar-refractivity contribution >= 4 is 0 Å². The van der Waals surface area contributed by atoms with Gasteiger partial charge in [0.25, 0.3) is 0 Å². The Hall–Kier alpha value is -0.550. The monoisotopic (exact) mass is 126 g/mol. The molecule has 2 heteroatoms. The third-order valence-electron chi connectivity index (χ3n) is 1.37. The van der Waals surface area contributed by atoms with Crippen LogP contribution >= 0.6 is 0 Å². The minimum Gasteiger partial charge on any atom is -0.328 e. The zero-order valence-electron chi connectivity index (χ0n) is 5.93. The molecular formula is C7H14N2. The van der Waals surface area contributed by atoms with Crippen molar-refractivity contribution in [3.05, 3.63) is 11.4 Å². The average Bonchev–Trinajstić information content (AvgIpc) is 1.89. The van der Waals surface area contributed by atoms with Crippen molar-refractivity contribution < 1.29 is 0 Å². The molecule has 52 valence electrons. The summed E-state index contributed by atoms with van der Waals surface area (Å²) in [7, 11) is 0. The molecule has 0 aliphatic carbocycles. The minimum absolute atomic E-state index is 0.312. The molecule has 0 saturated heterocycles. The Morgan fingerprint density at radius 2 is 2.33 bits per heavy atom. The predicted octanol–water partition coefficient (Wildman–Crippen LogP) is 1.42. The van der Waals surface area contributed by atoms with E-state index in [1.165, 1.54) is 0 Å². The van der Waals surface area contributed by atoms with Crippen LogP contribution in [0.15, 0.2) is 0 Å². The first-order chi connectivity index (χ1) is 4.31. The molecule has 0 aliphatic rings. The molecule has 0 amide bonds. The van der Waals surface area contributed by atoms with Crippen LogP contribution in [-0.4, -0.2) is 12.6 Å². The third-order valence-corrected chi connectivity index (χ3v) is 1.37. The van der Waals surface area contributed by atoms with Gasteiger partial charge in [-0.2, -0.15) is 0 Å². The predicted molar refractivity (Wildman–Crippen MR) is 39.0 cm³/mol. The van der Waals surface area contributed by atoms with E-state index < -0.39 is 0 Å². The van der Waals surface area contributed by atoms with Crippen molar-refractivity contribution in [2.75, 3.05) is 6.54 Å². The first-order valence-corrected chi connectivity index (χ1v) is 3.40. The van der Waals surface area contributed by atoms with Crippen LogP contribution in [0.2, 0.25) is 0 Å². The van der Waals surface area contributed by atoms with Gasteiger partial charge in [0.05, 0.1) is 0 Å². The number of rotatable bonds is 4. The number of hydrogen-bond donors (Lipinski definition) is 1. The number of hydrogen-bond acceptors (Lipinski definition) is 1. The molecule has 2 nitrogen and oxygen atoms in total. The van der Waals surface area contributed by atoms with Gasteiger partial charge in [-0.1, -0.05) is 6.92 Å². The van der Waals surface area contributed by atoms with E-state index in [0.29, 0.717) is 12.6 Å². The van der Waals surface area contributed by atoms with Crippen molar-refractivity contribution in [1.29, 1.82) is 0 Å². The van der Waals surface area contributed by atoms with Crippen LogP contribution in [0.5, 0.6) is 0 Å². The second-order valence-corrected chi connectivity index (χ2v) is 2.19. The van der Waals surface area contributed by atoms with Crippen LogP contribution in [0.3, 0.4) is 0 Å². The molecule has 1 unspecified atom stereocenters. The summed E-state index contributed by atoms with van der Waals surface area (Å²) in [6.45, 7) is 9.19. The second-order valence-electron chi connectivity index (χ2n) is 2.19. The number of nitrogens with two attached hydrogens (primary N) is 1. The van der Waals surface area contributed by atoms with Gasteiger partial charge in [0.2, 0.25) is 6.54 Å². The molecule has 0 aromatic heterocycles. The SMILES string of the molecule is [C-]#[N+]CCCC(N)CC. The smallest absolute Gasteiger partial charge is 0.214 e. The maximum Gasteiger partial charge on any atom is 0.214 e. The maximum absolute atomic E-state index is 6.49. The van der Waals surface area contributed by atoms with Crippen LogP contribution in [0, 0.1) is 6.57 Å². The molecule has 0 aliphatic heterocycles. The Morgan fingerprint density at radius 3 is 2.78 bits per heavy atom. The van der Waals surface area contributed by atoms with Gasteiger partial charge in [-0.05, 0) is 12.8 Å². The highest BCUT2D eigenvalue weighted by atomic mass is 14.6. The molecule has 0 rings (SSSR count). The first-order valence-electron chi connectivity index (χ1n) is 3.40. The summed E-state index contributed by atoms with van der Waals surface area (Å²) >= 11 is 0. The Kier molecular flexibility index (Phi) is 5.24. The van der Waals surface area contributed by atoms with E-state index >= 15 is 0 Å². The molecule has 1 atom stereocenters. The number of nitrogens with zero attached hydrogens (tertiary/aromatic N) is 1. The van der Waals surface area contributed by atoms with Gasteiger partial charge in [-0.3, -0.25) is 0 Å². The van der Waals surface area contributed by atoms with Crippen LogP contribution < -0.4 is 5.73 Å². The minimum atomic E-state index is 0.312. The molecular weight excluding hydrogens is 112 g/mol. The van der Waals surface area contributed by atoms with Crippen LogP contribution in [-0.2, 0) is 0 Å². The largest absolute Gasteiger partial charge is 0.328 e. The highest BCUT2D eigenvalue weighted by Crippen LogP contribution is 1.97. The third kappa shape index (κ3) is 5.32. The van der Waals surface area contributed by atoms with Crippen molar-refractivity contribution in [3.63, 3.8) is 0 Å². The highest BCUT2D eigenvalue weighted by Gasteiger charge is 1.97. The molecule has 0 radical (unpaired) electrons. The molecule has 0 aromatic rings. The van der Waals surface area contributed by atoms with E-state index in [0.717, 1.165) is 19.3 Å². The van der Waals surface area contributed by atoms with E-state index in [-0.39, 0.29) is 0 Å². The maximum atomic E-state index is 6.49. The lowest BCUT2D eigenvalue weighted by atomic mass is 10.1. The lowest BCUT2D eigenvalue weighted by molar-refractivity contribution is 0.582. The van der Waals surface area contributed by atoms with Gasteiger partial charge in [0.1, 0.15) is 0 Å². The van der Waals surface area contributed by atoms with Crippen molar-refractivity contribution in [2.45, 2.75) is 32.2 Å². The summed E-state index contributed by atoms with van der Waals surface area (Å²) in [6.07, 6.45) is 2.98. The zero-order valence-corrected chi connectivity index (χ0v) is 5.93. The molecule has 9 heavy (non-hydrogen) atoms.